The van der Waals surface area contributed by atoms with Crippen LogP contribution >= 0.6 is 0 Å². The maximum atomic E-state index is 6.49. The fraction of sp³-hybridized carbons (Fsp3) is 1.00. The highest BCUT2D eigenvalue weighted by Gasteiger charge is 2.42. The van der Waals surface area contributed by atoms with Crippen molar-refractivity contribution in [2.45, 2.75) is 94.9 Å². The van der Waals surface area contributed by atoms with E-state index in [-0.39, 0.29) is 0 Å². The fourth-order valence-electron chi connectivity index (χ4n) is 4.68. The van der Waals surface area contributed by atoms with Crippen LogP contribution in [-0.2, 0) is 4.74 Å². The second kappa shape index (κ2) is 6.33. The van der Waals surface area contributed by atoms with E-state index < -0.39 is 0 Å². The summed E-state index contributed by atoms with van der Waals surface area (Å²) in [5.41, 5.74) is 6.33. The van der Waals surface area contributed by atoms with Gasteiger partial charge >= 0.3 is 0 Å². The van der Waals surface area contributed by atoms with Crippen molar-refractivity contribution in [2.24, 2.45) is 5.73 Å². The zero-order valence-corrected chi connectivity index (χ0v) is 13.2. The minimum absolute atomic E-state index is 0.291. The zero-order valence-electron chi connectivity index (χ0n) is 13.2. The Labute approximate surface area is 124 Å². The Kier molecular flexibility index (Phi) is 4.68. The van der Waals surface area contributed by atoms with Crippen LogP contribution in [0.4, 0.5) is 0 Å². The van der Waals surface area contributed by atoms with Crippen molar-refractivity contribution in [1.29, 1.82) is 0 Å². The quantitative estimate of drug-likeness (QED) is 0.860. The van der Waals surface area contributed by atoms with Crippen molar-refractivity contribution >= 4 is 0 Å². The summed E-state index contributed by atoms with van der Waals surface area (Å²) in [6.45, 7) is 4.61. The molecular weight excluding hydrogens is 248 g/mol. The first-order valence-electron chi connectivity index (χ1n) is 8.88. The van der Waals surface area contributed by atoms with Crippen molar-refractivity contribution in [2.75, 3.05) is 13.1 Å². The van der Waals surface area contributed by atoms with Gasteiger partial charge in [-0.3, -0.25) is 4.90 Å². The van der Waals surface area contributed by atoms with E-state index in [2.05, 4.69) is 11.8 Å². The number of rotatable bonds is 4. The number of ether oxygens (including phenoxy) is 1. The molecule has 0 amide bonds. The third-order valence-electron chi connectivity index (χ3n) is 5.96. The molecule has 1 spiro atoms. The molecule has 0 aromatic heterocycles. The predicted octanol–water partition coefficient (Wildman–Crippen LogP) is 3.07. The molecule has 1 atom stereocenters. The highest BCUT2D eigenvalue weighted by atomic mass is 16.5. The van der Waals surface area contributed by atoms with E-state index in [9.17, 15) is 0 Å². The lowest BCUT2D eigenvalue weighted by Gasteiger charge is -2.37. The van der Waals surface area contributed by atoms with Crippen LogP contribution < -0.4 is 5.73 Å². The molecule has 1 unspecified atom stereocenters. The summed E-state index contributed by atoms with van der Waals surface area (Å²) >= 11 is 0. The minimum Gasteiger partial charge on any atom is -0.370 e. The molecule has 116 valence electrons. The van der Waals surface area contributed by atoms with Crippen LogP contribution in [0.25, 0.3) is 0 Å². The van der Waals surface area contributed by atoms with Gasteiger partial charge in [0.25, 0.3) is 0 Å². The van der Waals surface area contributed by atoms with Gasteiger partial charge in [-0.25, -0.2) is 0 Å². The average molecular weight is 280 g/mol. The number of hydrogen-bond donors (Lipinski definition) is 1. The number of nitrogens with zero attached hydrogens (tertiary/aromatic N) is 1. The number of hydrogen-bond acceptors (Lipinski definition) is 3. The van der Waals surface area contributed by atoms with E-state index in [1.807, 2.05) is 0 Å². The second-order valence-corrected chi connectivity index (χ2v) is 7.32. The van der Waals surface area contributed by atoms with E-state index in [4.69, 9.17) is 10.5 Å². The molecule has 3 rings (SSSR count). The first kappa shape index (κ1) is 14.8. The summed E-state index contributed by atoms with van der Waals surface area (Å²) < 4.78 is 6.49. The second-order valence-electron chi connectivity index (χ2n) is 7.32. The van der Waals surface area contributed by atoms with E-state index in [0.29, 0.717) is 17.7 Å². The third-order valence-corrected chi connectivity index (χ3v) is 5.96. The van der Waals surface area contributed by atoms with Crippen molar-refractivity contribution in [3.05, 3.63) is 0 Å². The van der Waals surface area contributed by atoms with E-state index in [0.717, 1.165) is 19.1 Å². The Morgan fingerprint density at radius 1 is 1.05 bits per heavy atom. The van der Waals surface area contributed by atoms with Crippen LogP contribution in [0.2, 0.25) is 0 Å². The van der Waals surface area contributed by atoms with E-state index in [1.54, 1.807) is 0 Å². The zero-order chi connectivity index (χ0) is 14.0. The summed E-state index contributed by atoms with van der Waals surface area (Å²) in [7, 11) is 0. The molecule has 1 saturated heterocycles. The van der Waals surface area contributed by atoms with Gasteiger partial charge in [-0.05, 0) is 57.9 Å². The molecule has 3 aliphatic rings. The van der Waals surface area contributed by atoms with Crippen molar-refractivity contribution in [3.8, 4) is 0 Å². The van der Waals surface area contributed by atoms with Gasteiger partial charge in [0.2, 0.25) is 0 Å². The van der Waals surface area contributed by atoms with Gasteiger partial charge in [0, 0.05) is 18.6 Å². The molecule has 0 aromatic carbocycles. The van der Waals surface area contributed by atoms with Gasteiger partial charge in [0.15, 0.2) is 0 Å². The highest BCUT2D eigenvalue weighted by Crippen LogP contribution is 2.43. The lowest BCUT2D eigenvalue weighted by Crippen LogP contribution is -2.44. The van der Waals surface area contributed by atoms with E-state index >= 15 is 0 Å². The lowest BCUT2D eigenvalue weighted by molar-refractivity contribution is -0.0524. The molecule has 3 fully saturated rings. The molecule has 0 radical (unpaired) electrons. The predicted molar refractivity (Wildman–Crippen MR) is 82.8 cm³/mol. The number of nitrogens with two attached hydrogens (primary N) is 1. The SMILES string of the molecule is CCN(CC1CCC2(CCCC2)O1)C1CCC(N)CC1. The molecule has 3 heteroatoms. The van der Waals surface area contributed by atoms with E-state index in [1.165, 1.54) is 64.2 Å². The molecular formula is C17H32N2O. The van der Waals surface area contributed by atoms with Crippen molar-refractivity contribution in [3.63, 3.8) is 0 Å². The van der Waals surface area contributed by atoms with Crippen LogP contribution in [0, 0.1) is 0 Å². The van der Waals surface area contributed by atoms with Gasteiger partial charge < -0.3 is 10.5 Å². The summed E-state index contributed by atoms with van der Waals surface area (Å²) in [6.07, 6.45) is 13.4. The molecule has 1 heterocycles. The normalized spacial score (nSPS) is 37.0. The first-order chi connectivity index (χ1) is 9.71. The first-order valence-corrected chi connectivity index (χ1v) is 8.88. The van der Waals surface area contributed by atoms with Crippen LogP contribution in [0.5, 0.6) is 0 Å². The molecule has 1 aliphatic heterocycles. The molecule has 3 nitrogen and oxygen atoms in total. The number of likely N-dealkylation sites (N-methyl/N-ethyl adjacent to an activating group) is 1. The van der Waals surface area contributed by atoms with Gasteiger partial charge in [-0.2, -0.15) is 0 Å². The Balaban J connectivity index is 1.51. The lowest BCUT2D eigenvalue weighted by atomic mass is 9.90. The van der Waals surface area contributed by atoms with Gasteiger partial charge in [-0.15, -0.1) is 0 Å². The minimum atomic E-state index is 0.291. The van der Waals surface area contributed by atoms with Crippen LogP contribution in [0.15, 0.2) is 0 Å². The summed E-state index contributed by atoms with van der Waals surface area (Å²) in [5, 5.41) is 0. The standard InChI is InChI=1S/C17H32N2O/c1-2-19(15-7-5-14(18)6-8-15)13-16-9-12-17(20-16)10-3-4-11-17/h14-16H,2-13,18H2,1H3. The topological polar surface area (TPSA) is 38.5 Å². The largest absolute Gasteiger partial charge is 0.370 e. The van der Waals surface area contributed by atoms with Gasteiger partial charge in [0.05, 0.1) is 11.7 Å². The third kappa shape index (κ3) is 3.20. The fourth-order valence-corrected chi connectivity index (χ4v) is 4.68. The maximum absolute atomic E-state index is 6.49. The monoisotopic (exact) mass is 280 g/mol. The highest BCUT2D eigenvalue weighted by molar-refractivity contribution is 4.94. The van der Waals surface area contributed by atoms with Gasteiger partial charge in [-0.1, -0.05) is 19.8 Å². The van der Waals surface area contributed by atoms with Gasteiger partial charge in [0.1, 0.15) is 0 Å². The molecule has 2 N–H and O–H groups in total. The molecule has 2 saturated carbocycles. The van der Waals surface area contributed by atoms with Crippen molar-refractivity contribution < 1.29 is 4.74 Å². The Bertz CT molecular complexity index is 306. The Morgan fingerprint density at radius 3 is 2.40 bits per heavy atom. The van der Waals surface area contributed by atoms with Crippen LogP contribution in [0.1, 0.15) is 71.1 Å². The van der Waals surface area contributed by atoms with Crippen molar-refractivity contribution in [1.82, 2.24) is 4.90 Å². The molecule has 2 aliphatic carbocycles. The van der Waals surface area contributed by atoms with Crippen LogP contribution in [0.3, 0.4) is 0 Å². The maximum Gasteiger partial charge on any atom is 0.0710 e. The summed E-state index contributed by atoms with van der Waals surface area (Å²) in [4.78, 5) is 2.67. The summed E-state index contributed by atoms with van der Waals surface area (Å²) in [6, 6.07) is 1.21. The smallest absolute Gasteiger partial charge is 0.0710 e. The van der Waals surface area contributed by atoms with Crippen LogP contribution in [-0.4, -0.2) is 41.8 Å². The average Bonchev–Trinajstić information content (AvgIpc) is 3.08. The molecule has 0 aromatic rings. The molecule has 0 bridgehead atoms. The molecule has 20 heavy (non-hydrogen) atoms. The Hall–Kier alpha value is -0.120. The Morgan fingerprint density at radius 2 is 1.75 bits per heavy atom. The summed E-state index contributed by atoms with van der Waals surface area (Å²) in [5.74, 6) is 0.